The van der Waals surface area contributed by atoms with E-state index in [0.29, 0.717) is 17.0 Å². The standard InChI is InChI=1S/C16H14INO3/c1-11(19)18-14-6-8-15(9-7-14)21-10-16(20)12-2-4-13(17)5-3-12/h2-9H,10H2,1H3,(H,18,19). The van der Waals surface area contributed by atoms with Crippen molar-refractivity contribution in [1.82, 2.24) is 0 Å². The lowest BCUT2D eigenvalue weighted by molar-refractivity contribution is -0.114. The number of nitrogens with one attached hydrogen (secondary N) is 1. The van der Waals surface area contributed by atoms with Crippen molar-refractivity contribution in [3.05, 3.63) is 57.7 Å². The molecule has 1 N–H and O–H groups in total. The first-order chi connectivity index (χ1) is 10.0. The number of anilines is 1. The molecule has 0 aliphatic carbocycles. The van der Waals surface area contributed by atoms with Crippen molar-refractivity contribution >= 4 is 40.0 Å². The SMILES string of the molecule is CC(=O)Nc1ccc(OCC(=O)c2ccc(I)cc2)cc1. The Hall–Kier alpha value is -1.89. The number of hydrogen-bond donors (Lipinski definition) is 1. The highest BCUT2D eigenvalue weighted by molar-refractivity contribution is 14.1. The molecule has 0 spiro atoms. The summed E-state index contributed by atoms with van der Waals surface area (Å²) < 4.78 is 6.53. The maximum Gasteiger partial charge on any atom is 0.221 e. The van der Waals surface area contributed by atoms with Gasteiger partial charge in [-0.2, -0.15) is 0 Å². The molecule has 0 heterocycles. The Bertz CT molecular complexity index is 636. The van der Waals surface area contributed by atoms with E-state index >= 15 is 0 Å². The zero-order valence-corrected chi connectivity index (χ0v) is 13.6. The minimum absolute atomic E-state index is 0.0138. The van der Waals surface area contributed by atoms with Gasteiger partial charge < -0.3 is 10.1 Å². The van der Waals surface area contributed by atoms with E-state index < -0.39 is 0 Å². The average Bonchev–Trinajstić information content (AvgIpc) is 2.46. The first kappa shape index (κ1) is 15.5. The molecule has 2 aromatic rings. The maximum atomic E-state index is 12.0. The first-order valence-electron chi connectivity index (χ1n) is 6.34. The van der Waals surface area contributed by atoms with Gasteiger partial charge in [0.1, 0.15) is 5.75 Å². The molecule has 108 valence electrons. The minimum Gasteiger partial charge on any atom is -0.485 e. The van der Waals surface area contributed by atoms with E-state index in [9.17, 15) is 9.59 Å². The summed E-state index contributed by atoms with van der Waals surface area (Å²) in [7, 11) is 0. The normalized spacial score (nSPS) is 10.0. The van der Waals surface area contributed by atoms with Gasteiger partial charge in [0, 0.05) is 21.7 Å². The predicted octanol–water partition coefficient (Wildman–Crippen LogP) is 3.51. The van der Waals surface area contributed by atoms with Gasteiger partial charge in [0.2, 0.25) is 5.91 Å². The predicted molar refractivity (Wildman–Crippen MR) is 89.7 cm³/mol. The van der Waals surface area contributed by atoms with E-state index in [0.717, 1.165) is 3.57 Å². The Morgan fingerprint density at radius 1 is 1.05 bits per heavy atom. The van der Waals surface area contributed by atoms with Crippen LogP contribution < -0.4 is 10.1 Å². The number of halogens is 1. The lowest BCUT2D eigenvalue weighted by Gasteiger charge is -2.07. The van der Waals surface area contributed by atoms with E-state index in [4.69, 9.17) is 4.74 Å². The summed E-state index contributed by atoms with van der Waals surface area (Å²) >= 11 is 2.19. The molecule has 0 aromatic heterocycles. The van der Waals surface area contributed by atoms with Gasteiger partial charge >= 0.3 is 0 Å². The third kappa shape index (κ3) is 4.86. The molecular formula is C16H14INO3. The first-order valence-corrected chi connectivity index (χ1v) is 7.42. The molecule has 0 radical (unpaired) electrons. The molecule has 4 nitrogen and oxygen atoms in total. The number of ketones is 1. The zero-order chi connectivity index (χ0) is 15.2. The second kappa shape index (κ2) is 7.21. The Morgan fingerprint density at radius 2 is 1.67 bits per heavy atom. The van der Waals surface area contributed by atoms with Crippen LogP contribution in [-0.4, -0.2) is 18.3 Å². The zero-order valence-electron chi connectivity index (χ0n) is 11.4. The van der Waals surface area contributed by atoms with Crippen molar-refractivity contribution in [3.63, 3.8) is 0 Å². The van der Waals surface area contributed by atoms with Crippen LogP contribution in [0.25, 0.3) is 0 Å². The summed E-state index contributed by atoms with van der Waals surface area (Å²) in [5.41, 5.74) is 1.32. The summed E-state index contributed by atoms with van der Waals surface area (Å²) in [6.45, 7) is 1.43. The van der Waals surface area contributed by atoms with Crippen LogP contribution in [0.5, 0.6) is 5.75 Å². The molecule has 0 saturated carbocycles. The van der Waals surface area contributed by atoms with Crippen molar-refractivity contribution in [3.8, 4) is 5.75 Å². The molecular weight excluding hydrogens is 381 g/mol. The lowest BCUT2D eigenvalue weighted by atomic mass is 10.1. The van der Waals surface area contributed by atoms with Crippen LogP contribution in [-0.2, 0) is 4.79 Å². The van der Waals surface area contributed by atoms with Gasteiger partial charge in [-0.25, -0.2) is 0 Å². The molecule has 21 heavy (non-hydrogen) atoms. The van der Waals surface area contributed by atoms with Crippen molar-refractivity contribution in [1.29, 1.82) is 0 Å². The summed E-state index contributed by atoms with van der Waals surface area (Å²) in [6, 6.07) is 14.2. The lowest BCUT2D eigenvalue weighted by Crippen LogP contribution is -2.11. The van der Waals surface area contributed by atoms with Crippen LogP contribution in [0.15, 0.2) is 48.5 Å². The quantitative estimate of drug-likeness (QED) is 0.623. The fourth-order valence-electron chi connectivity index (χ4n) is 1.71. The highest BCUT2D eigenvalue weighted by Gasteiger charge is 2.06. The maximum absolute atomic E-state index is 12.0. The molecule has 0 fully saturated rings. The number of benzene rings is 2. The third-order valence-electron chi connectivity index (χ3n) is 2.71. The molecule has 0 aliphatic heterocycles. The topological polar surface area (TPSA) is 55.4 Å². The summed E-state index contributed by atoms with van der Waals surface area (Å²) in [4.78, 5) is 22.9. The second-order valence-electron chi connectivity index (χ2n) is 4.42. The molecule has 5 heteroatoms. The number of hydrogen-bond acceptors (Lipinski definition) is 3. The largest absolute Gasteiger partial charge is 0.485 e. The second-order valence-corrected chi connectivity index (χ2v) is 5.67. The minimum atomic E-state index is -0.127. The van der Waals surface area contributed by atoms with Crippen LogP contribution in [0.4, 0.5) is 5.69 Å². The van der Waals surface area contributed by atoms with Crippen molar-refractivity contribution < 1.29 is 14.3 Å². The highest BCUT2D eigenvalue weighted by Crippen LogP contribution is 2.16. The van der Waals surface area contributed by atoms with Crippen molar-refractivity contribution in [2.75, 3.05) is 11.9 Å². The number of ether oxygens (including phenoxy) is 1. The molecule has 0 atom stereocenters. The summed E-state index contributed by atoms with van der Waals surface area (Å²) in [5, 5.41) is 2.67. The van der Waals surface area contributed by atoms with Gasteiger partial charge in [0.15, 0.2) is 12.4 Å². The molecule has 0 bridgehead atoms. The highest BCUT2D eigenvalue weighted by atomic mass is 127. The smallest absolute Gasteiger partial charge is 0.221 e. The molecule has 0 saturated heterocycles. The van der Waals surface area contributed by atoms with Crippen LogP contribution in [0.3, 0.4) is 0 Å². The number of rotatable bonds is 5. The van der Waals surface area contributed by atoms with E-state index in [1.807, 2.05) is 12.1 Å². The molecule has 2 aromatic carbocycles. The van der Waals surface area contributed by atoms with Crippen molar-refractivity contribution in [2.24, 2.45) is 0 Å². The van der Waals surface area contributed by atoms with Gasteiger partial charge in [0.25, 0.3) is 0 Å². The van der Waals surface area contributed by atoms with E-state index in [1.165, 1.54) is 6.92 Å². The van der Waals surface area contributed by atoms with Gasteiger partial charge in [0.05, 0.1) is 0 Å². The number of carbonyl (C=O) groups excluding carboxylic acids is 2. The van der Waals surface area contributed by atoms with Crippen LogP contribution in [0.1, 0.15) is 17.3 Å². The Labute approximate surface area is 136 Å². The monoisotopic (exact) mass is 395 g/mol. The van der Waals surface area contributed by atoms with Gasteiger partial charge in [-0.05, 0) is 59.0 Å². The fourth-order valence-corrected chi connectivity index (χ4v) is 2.07. The van der Waals surface area contributed by atoms with Gasteiger partial charge in [-0.1, -0.05) is 12.1 Å². The molecule has 2 rings (SSSR count). The number of carbonyl (C=O) groups is 2. The van der Waals surface area contributed by atoms with Crippen molar-refractivity contribution in [2.45, 2.75) is 6.92 Å². The van der Waals surface area contributed by atoms with Gasteiger partial charge in [-0.3, -0.25) is 9.59 Å². The van der Waals surface area contributed by atoms with E-state index in [2.05, 4.69) is 27.9 Å². The Balaban J connectivity index is 1.92. The molecule has 0 unspecified atom stereocenters. The summed E-state index contributed by atoms with van der Waals surface area (Å²) in [6.07, 6.45) is 0. The Morgan fingerprint density at radius 3 is 2.24 bits per heavy atom. The van der Waals surface area contributed by atoms with Crippen LogP contribution >= 0.6 is 22.6 Å². The van der Waals surface area contributed by atoms with E-state index in [-0.39, 0.29) is 18.3 Å². The Kier molecular flexibility index (Phi) is 5.32. The molecule has 1 amide bonds. The van der Waals surface area contributed by atoms with Crippen LogP contribution in [0.2, 0.25) is 0 Å². The number of Topliss-reactive ketones (excluding diaryl/α,β-unsaturated/α-hetero) is 1. The third-order valence-corrected chi connectivity index (χ3v) is 3.43. The van der Waals surface area contributed by atoms with E-state index in [1.54, 1.807) is 36.4 Å². The van der Waals surface area contributed by atoms with Gasteiger partial charge in [-0.15, -0.1) is 0 Å². The van der Waals surface area contributed by atoms with Crippen LogP contribution in [0, 0.1) is 3.57 Å². The fraction of sp³-hybridized carbons (Fsp3) is 0.125. The summed E-state index contributed by atoms with van der Waals surface area (Å²) in [5.74, 6) is 0.387. The average molecular weight is 395 g/mol. The number of amides is 1. The molecule has 0 aliphatic rings.